The number of amides is 2. The van der Waals surface area contributed by atoms with Crippen LogP contribution in [-0.4, -0.2) is 28.8 Å². The van der Waals surface area contributed by atoms with Crippen LogP contribution in [0.4, 0.5) is 10.5 Å². The van der Waals surface area contributed by atoms with Crippen molar-refractivity contribution in [1.82, 2.24) is 10.3 Å². The third-order valence-electron chi connectivity index (χ3n) is 3.28. The summed E-state index contributed by atoms with van der Waals surface area (Å²) in [7, 11) is 0. The zero-order valence-corrected chi connectivity index (χ0v) is 12.6. The van der Waals surface area contributed by atoms with E-state index in [-0.39, 0.29) is 18.7 Å². The van der Waals surface area contributed by atoms with Gasteiger partial charge in [0.25, 0.3) is 0 Å². The number of hydrogen-bond donors (Lipinski definition) is 3. The second-order valence-corrected chi connectivity index (χ2v) is 5.13. The molecule has 5 nitrogen and oxygen atoms in total. The Hall–Kier alpha value is -2.40. The molecule has 2 amide bonds. The second-order valence-electron chi connectivity index (χ2n) is 5.13. The lowest BCUT2D eigenvalue weighted by atomic mass is 10.1. The van der Waals surface area contributed by atoms with Crippen LogP contribution in [0.25, 0.3) is 11.3 Å². The molecule has 2 rings (SSSR count). The van der Waals surface area contributed by atoms with E-state index in [0.29, 0.717) is 12.1 Å². The number of rotatable bonds is 6. The van der Waals surface area contributed by atoms with E-state index >= 15 is 0 Å². The average molecular weight is 299 g/mol. The van der Waals surface area contributed by atoms with E-state index in [9.17, 15) is 4.79 Å². The zero-order valence-electron chi connectivity index (χ0n) is 12.6. The highest BCUT2D eigenvalue weighted by Crippen LogP contribution is 2.24. The maximum atomic E-state index is 12.1. The van der Waals surface area contributed by atoms with Crippen LogP contribution in [0.15, 0.2) is 48.7 Å². The molecule has 0 spiro atoms. The maximum Gasteiger partial charge on any atom is 0.319 e. The van der Waals surface area contributed by atoms with E-state index in [4.69, 9.17) is 5.11 Å². The van der Waals surface area contributed by atoms with Crippen molar-refractivity contribution in [2.45, 2.75) is 25.8 Å². The highest BCUT2D eigenvalue weighted by Gasteiger charge is 2.11. The number of carbonyl (C=O) groups excluding carboxylic acids is 1. The smallest absolute Gasteiger partial charge is 0.319 e. The first-order chi connectivity index (χ1) is 10.7. The minimum absolute atomic E-state index is 0.00370. The Balaban J connectivity index is 2.06. The van der Waals surface area contributed by atoms with Gasteiger partial charge in [-0.05, 0) is 31.9 Å². The van der Waals surface area contributed by atoms with Crippen molar-refractivity contribution < 1.29 is 9.90 Å². The van der Waals surface area contributed by atoms with Crippen molar-refractivity contribution >= 4 is 11.7 Å². The summed E-state index contributed by atoms with van der Waals surface area (Å²) >= 11 is 0. The molecule has 0 aliphatic heterocycles. The van der Waals surface area contributed by atoms with Gasteiger partial charge in [0.05, 0.1) is 11.4 Å². The molecule has 0 saturated heterocycles. The minimum Gasteiger partial charge on any atom is -0.396 e. The Bertz CT molecular complexity index is 602. The number of nitrogens with zero attached hydrogens (tertiary/aromatic N) is 1. The van der Waals surface area contributed by atoms with Gasteiger partial charge in [0.15, 0.2) is 0 Å². The summed E-state index contributed by atoms with van der Waals surface area (Å²) in [5.41, 5.74) is 2.36. The molecule has 1 aromatic carbocycles. The molecule has 116 valence electrons. The molecule has 0 bridgehead atoms. The monoisotopic (exact) mass is 299 g/mol. The van der Waals surface area contributed by atoms with Gasteiger partial charge in [-0.1, -0.05) is 30.3 Å². The van der Waals surface area contributed by atoms with E-state index in [2.05, 4.69) is 15.6 Å². The molecule has 1 atom stereocenters. The summed E-state index contributed by atoms with van der Waals surface area (Å²) in [5, 5.41) is 14.5. The molecule has 5 heteroatoms. The van der Waals surface area contributed by atoms with Gasteiger partial charge in [0.2, 0.25) is 0 Å². The van der Waals surface area contributed by atoms with Crippen molar-refractivity contribution in [1.29, 1.82) is 0 Å². The van der Waals surface area contributed by atoms with Crippen LogP contribution < -0.4 is 10.6 Å². The molecule has 0 fully saturated rings. The first kappa shape index (κ1) is 16.0. The zero-order chi connectivity index (χ0) is 15.8. The second kappa shape index (κ2) is 8.14. The lowest BCUT2D eigenvalue weighted by molar-refractivity contribution is 0.245. The van der Waals surface area contributed by atoms with E-state index in [1.54, 1.807) is 12.3 Å². The van der Waals surface area contributed by atoms with Gasteiger partial charge in [0.1, 0.15) is 0 Å². The lowest BCUT2D eigenvalue weighted by Gasteiger charge is -2.15. The molecule has 1 aromatic heterocycles. The number of hydrogen-bond acceptors (Lipinski definition) is 3. The van der Waals surface area contributed by atoms with Gasteiger partial charge >= 0.3 is 6.03 Å². The molecule has 22 heavy (non-hydrogen) atoms. The number of carbonyl (C=O) groups is 1. The Morgan fingerprint density at radius 1 is 1.23 bits per heavy atom. The number of pyridine rings is 1. The molecular weight excluding hydrogens is 278 g/mol. The predicted octanol–water partition coefficient (Wildman–Crippen LogP) is 3.03. The van der Waals surface area contributed by atoms with Gasteiger partial charge in [-0.3, -0.25) is 4.98 Å². The molecule has 0 saturated carbocycles. The SMILES string of the molecule is C[C@@H](CCCO)NC(=O)Nc1cccnc1-c1ccccc1. The third-order valence-corrected chi connectivity index (χ3v) is 3.28. The van der Waals surface area contributed by atoms with Crippen LogP contribution in [0.5, 0.6) is 0 Å². The highest BCUT2D eigenvalue weighted by molar-refractivity contribution is 5.93. The molecule has 0 unspecified atom stereocenters. The lowest BCUT2D eigenvalue weighted by Crippen LogP contribution is -2.36. The number of nitrogens with one attached hydrogen (secondary N) is 2. The van der Waals surface area contributed by atoms with Crippen molar-refractivity contribution in [2.75, 3.05) is 11.9 Å². The predicted molar refractivity (Wildman–Crippen MR) is 87.6 cm³/mol. The third kappa shape index (κ3) is 4.56. The molecule has 0 radical (unpaired) electrons. The van der Waals surface area contributed by atoms with Gasteiger partial charge in [-0.2, -0.15) is 0 Å². The van der Waals surface area contributed by atoms with Crippen molar-refractivity contribution in [3.8, 4) is 11.3 Å². The van der Waals surface area contributed by atoms with E-state index in [1.807, 2.05) is 43.3 Å². The summed E-state index contributed by atoms with van der Waals surface area (Å²) < 4.78 is 0. The first-order valence-corrected chi connectivity index (χ1v) is 7.39. The van der Waals surface area contributed by atoms with Gasteiger partial charge in [-0.25, -0.2) is 4.79 Å². The van der Waals surface area contributed by atoms with Crippen LogP contribution in [0, 0.1) is 0 Å². The normalized spacial score (nSPS) is 11.7. The van der Waals surface area contributed by atoms with E-state index < -0.39 is 0 Å². The van der Waals surface area contributed by atoms with Crippen molar-refractivity contribution in [3.05, 3.63) is 48.7 Å². The largest absolute Gasteiger partial charge is 0.396 e. The Kier molecular flexibility index (Phi) is 5.91. The van der Waals surface area contributed by atoms with Crippen molar-refractivity contribution in [3.63, 3.8) is 0 Å². The molecule has 3 N–H and O–H groups in total. The minimum atomic E-state index is -0.268. The standard InChI is InChI=1S/C17H21N3O2/c1-13(7-6-12-21)19-17(22)20-15-10-5-11-18-16(15)14-8-3-2-4-9-14/h2-5,8-11,13,21H,6-7,12H2,1H3,(H2,19,20,22)/t13-/m0/s1. The van der Waals surface area contributed by atoms with E-state index in [1.165, 1.54) is 0 Å². The van der Waals surface area contributed by atoms with Gasteiger partial charge < -0.3 is 15.7 Å². The average Bonchev–Trinajstić information content (AvgIpc) is 2.54. The number of aromatic nitrogens is 1. The Labute approximate surface area is 130 Å². The van der Waals surface area contributed by atoms with Gasteiger partial charge in [0, 0.05) is 24.4 Å². The quantitative estimate of drug-likeness (QED) is 0.767. The summed E-state index contributed by atoms with van der Waals surface area (Å²) in [5.74, 6) is 0. The molecule has 1 heterocycles. The summed E-state index contributed by atoms with van der Waals surface area (Å²) in [4.78, 5) is 16.4. The fourth-order valence-corrected chi connectivity index (χ4v) is 2.18. The summed E-state index contributed by atoms with van der Waals surface area (Å²) in [6, 6.07) is 13.1. The molecule has 0 aliphatic rings. The maximum absolute atomic E-state index is 12.1. The van der Waals surface area contributed by atoms with Crippen molar-refractivity contribution in [2.24, 2.45) is 0 Å². The highest BCUT2D eigenvalue weighted by atomic mass is 16.3. The fraction of sp³-hybridized carbons (Fsp3) is 0.294. The number of anilines is 1. The van der Waals surface area contributed by atoms with Gasteiger partial charge in [-0.15, -0.1) is 0 Å². The summed E-state index contributed by atoms with van der Waals surface area (Å²) in [6.45, 7) is 2.05. The van der Waals surface area contributed by atoms with Crippen LogP contribution in [0.3, 0.4) is 0 Å². The number of benzene rings is 1. The number of aliphatic hydroxyl groups is 1. The molecule has 2 aromatic rings. The topological polar surface area (TPSA) is 74.2 Å². The number of aliphatic hydroxyl groups excluding tert-OH is 1. The first-order valence-electron chi connectivity index (χ1n) is 7.39. The Morgan fingerprint density at radius 3 is 2.73 bits per heavy atom. The molecular formula is C17H21N3O2. The van der Waals surface area contributed by atoms with Crippen LogP contribution in [-0.2, 0) is 0 Å². The Morgan fingerprint density at radius 2 is 2.00 bits per heavy atom. The van der Waals surface area contributed by atoms with Crippen LogP contribution in [0.2, 0.25) is 0 Å². The van der Waals surface area contributed by atoms with Crippen LogP contribution >= 0.6 is 0 Å². The van der Waals surface area contributed by atoms with E-state index in [0.717, 1.165) is 17.7 Å². The fourth-order valence-electron chi connectivity index (χ4n) is 2.18. The number of urea groups is 1. The van der Waals surface area contributed by atoms with Crippen LogP contribution in [0.1, 0.15) is 19.8 Å². The summed E-state index contributed by atoms with van der Waals surface area (Å²) in [6.07, 6.45) is 3.11. The molecule has 0 aliphatic carbocycles.